The van der Waals surface area contributed by atoms with Gasteiger partial charge in [0, 0.05) is 12.2 Å². The molecule has 0 aliphatic rings. The van der Waals surface area contributed by atoms with Gasteiger partial charge in [0.15, 0.2) is 0 Å². The van der Waals surface area contributed by atoms with Crippen molar-refractivity contribution in [1.82, 2.24) is 4.31 Å². The number of rotatable bonds is 10. The van der Waals surface area contributed by atoms with Crippen molar-refractivity contribution in [2.24, 2.45) is 5.73 Å². The normalized spacial score (nSPS) is 10.8. The standard InChI is InChI=1S/C11H24N2O2S/c1-13(2)16-10-6-7-11(14)15-9-5-3-4-8-12/h3-10,12H2,1-2H3. The van der Waals surface area contributed by atoms with Gasteiger partial charge in [-0.1, -0.05) is 11.9 Å². The molecule has 0 aromatic carbocycles. The lowest BCUT2D eigenvalue weighted by Crippen LogP contribution is -2.08. The quantitative estimate of drug-likeness (QED) is 0.362. The van der Waals surface area contributed by atoms with Crippen LogP contribution in [-0.4, -0.2) is 43.3 Å². The molecule has 4 nitrogen and oxygen atoms in total. The first-order valence-electron chi connectivity index (χ1n) is 5.82. The van der Waals surface area contributed by atoms with E-state index in [1.165, 1.54) is 0 Å². The Morgan fingerprint density at radius 1 is 1.25 bits per heavy atom. The minimum atomic E-state index is -0.0768. The molecular weight excluding hydrogens is 224 g/mol. The number of esters is 1. The maximum atomic E-state index is 11.3. The van der Waals surface area contributed by atoms with Crippen LogP contribution in [-0.2, 0) is 9.53 Å². The second-order valence-corrected chi connectivity index (χ2v) is 5.22. The Morgan fingerprint density at radius 3 is 2.62 bits per heavy atom. The van der Waals surface area contributed by atoms with Gasteiger partial charge in [-0.25, -0.2) is 0 Å². The molecule has 0 aliphatic carbocycles. The van der Waals surface area contributed by atoms with Gasteiger partial charge in [-0.05, 0) is 46.3 Å². The van der Waals surface area contributed by atoms with Crippen molar-refractivity contribution in [2.75, 3.05) is 33.0 Å². The molecular formula is C11H24N2O2S. The molecule has 0 rings (SSSR count). The minimum Gasteiger partial charge on any atom is -0.466 e. The molecule has 0 atom stereocenters. The van der Waals surface area contributed by atoms with Gasteiger partial charge in [-0.2, -0.15) is 0 Å². The van der Waals surface area contributed by atoms with Crippen LogP contribution in [0.5, 0.6) is 0 Å². The van der Waals surface area contributed by atoms with E-state index in [1.807, 2.05) is 18.4 Å². The summed E-state index contributed by atoms with van der Waals surface area (Å²) in [6, 6.07) is 0. The monoisotopic (exact) mass is 248 g/mol. The molecule has 0 heterocycles. The van der Waals surface area contributed by atoms with Gasteiger partial charge in [0.2, 0.25) is 0 Å². The van der Waals surface area contributed by atoms with Crippen molar-refractivity contribution in [3.8, 4) is 0 Å². The second-order valence-electron chi connectivity index (χ2n) is 3.82. The molecule has 0 unspecified atom stereocenters. The predicted molar refractivity (Wildman–Crippen MR) is 69.2 cm³/mol. The predicted octanol–water partition coefficient (Wildman–Crippen LogP) is 1.65. The molecule has 96 valence electrons. The van der Waals surface area contributed by atoms with E-state index in [4.69, 9.17) is 10.5 Å². The van der Waals surface area contributed by atoms with Crippen molar-refractivity contribution >= 4 is 17.9 Å². The summed E-state index contributed by atoms with van der Waals surface area (Å²) >= 11 is 1.72. The first kappa shape index (κ1) is 15.7. The zero-order valence-electron chi connectivity index (χ0n) is 10.4. The number of hydrogen-bond acceptors (Lipinski definition) is 5. The second kappa shape index (κ2) is 11.2. The van der Waals surface area contributed by atoms with E-state index in [1.54, 1.807) is 11.9 Å². The van der Waals surface area contributed by atoms with E-state index >= 15 is 0 Å². The third-order valence-corrected chi connectivity index (χ3v) is 2.97. The molecule has 0 bridgehead atoms. The summed E-state index contributed by atoms with van der Waals surface area (Å²) < 4.78 is 7.13. The number of nitrogens with zero attached hydrogens (tertiary/aromatic N) is 1. The van der Waals surface area contributed by atoms with E-state index in [0.29, 0.717) is 13.0 Å². The van der Waals surface area contributed by atoms with Crippen molar-refractivity contribution < 1.29 is 9.53 Å². The van der Waals surface area contributed by atoms with E-state index in [9.17, 15) is 4.79 Å². The summed E-state index contributed by atoms with van der Waals surface area (Å²) in [6.45, 7) is 1.26. The Labute approximate surface area is 103 Å². The molecule has 0 aromatic heterocycles. The van der Waals surface area contributed by atoms with Crippen LogP contribution in [0.25, 0.3) is 0 Å². The topological polar surface area (TPSA) is 55.6 Å². The largest absolute Gasteiger partial charge is 0.466 e. The number of carbonyl (C=O) groups excluding carboxylic acids is 1. The summed E-state index contributed by atoms with van der Waals surface area (Å²) in [5, 5.41) is 0. The van der Waals surface area contributed by atoms with Gasteiger partial charge in [0.05, 0.1) is 6.61 Å². The van der Waals surface area contributed by atoms with Gasteiger partial charge in [-0.3, -0.25) is 9.10 Å². The first-order chi connectivity index (χ1) is 7.66. The van der Waals surface area contributed by atoms with E-state index in [0.717, 1.165) is 38.0 Å². The summed E-state index contributed by atoms with van der Waals surface area (Å²) in [6.07, 6.45) is 4.38. The Balaban J connectivity index is 3.18. The van der Waals surface area contributed by atoms with Crippen LogP contribution in [0.15, 0.2) is 0 Å². The smallest absolute Gasteiger partial charge is 0.305 e. The molecule has 0 aliphatic heterocycles. The third kappa shape index (κ3) is 11.8. The Bertz CT molecular complexity index is 177. The van der Waals surface area contributed by atoms with Crippen LogP contribution in [0, 0.1) is 0 Å². The van der Waals surface area contributed by atoms with Crippen LogP contribution >= 0.6 is 11.9 Å². The van der Waals surface area contributed by atoms with Crippen LogP contribution in [0.2, 0.25) is 0 Å². The molecule has 0 radical (unpaired) electrons. The summed E-state index contributed by atoms with van der Waals surface area (Å²) in [4.78, 5) is 11.3. The Hall–Kier alpha value is -0.260. The summed E-state index contributed by atoms with van der Waals surface area (Å²) in [5.74, 6) is 0.891. The molecule has 16 heavy (non-hydrogen) atoms. The number of hydrogen-bond donors (Lipinski definition) is 1. The van der Waals surface area contributed by atoms with Gasteiger partial charge < -0.3 is 10.5 Å². The number of nitrogens with two attached hydrogens (primary N) is 1. The fourth-order valence-electron chi connectivity index (χ4n) is 1.14. The molecule has 5 heteroatoms. The molecule has 0 amide bonds. The fraction of sp³-hybridized carbons (Fsp3) is 0.909. The highest BCUT2D eigenvalue weighted by Gasteiger charge is 2.02. The molecule has 0 saturated carbocycles. The zero-order valence-corrected chi connectivity index (χ0v) is 11.2. The summed E-state index contributed by atoms with van der Waals surface area (Å²) in [5.41, 5.74) is 5.36. The lowest BCUT2D eigenvalue weighted by molar-refractivity contribution is -0.143. The average molecular weight is 248 g/mol. The van der Waals surface area contributed by atoms with Gasteiger partial charge in [0.25, 0.3) is 0 Å². The third-order valence-electron chi connectivity index (χ3n) is 1.99. The van der Waals surface area contributed by atoms with Crippen molar-refractivity contribution in [3.05, 3.63) is 0 Å². The minimum absolute atomic E-state index is 0.0768. The van der Waals surface area contributed by atoms with Crippen molar-refractivity contribution in [2.45, 2.75) is 32.1 Å². The number of ether oxygens (including phenoxy) is 1. The fourth-order valence-corrected chi connectivity index (χ4v) is 1.78. The van der Waals surface area contributed by atoms with Crippen LogP contribution in [0.3, 0.4) is 0 Å². The van der Waals surface area contributed by atoms with E-state index in [-0.39, 0.29) is 5.97 Å². The zero-order chi connectivity index (χ0) is 12.2. The highest BCUT2D eigenvalue weighted by molar-refractivity contribution is 7.96. The molecule has 0 saturated heterocycles. The Kier molecular flexibility index (Phi) is 11.0. The van der Waals surface area contributed by atoms with Crippen LogP contribution < -0.4 is 5.73 Å². The molecule has 2 N–H and O–H groups in total. The lowest BCUT2D eigenvalue weighted by Gasteiger charge is -2.08. The van der Waals surface area contributed by atoms with Crippen molar-refractivity contribution in [3.63, 3.8) is 0 Å². The number of carbonyl (C=O) groups is 1. The maximum Gasteiger partial charge on any atom is 0.305 e. The van der Waals surface area contributed by atoms with Crippen LogP contribution in [0.1, 0.15) is 32.1 Å². The lowest BCUT2D eigenvalue weighted by atomic mass is 10.2. The molecule has 0 fully saturated rings. The highest BCUT2D eigenvalue weighted by atomic mass is 32.2. The molecule has 0 spiro atoms. The van der Waals surface area contributed by atoms with Gasteiger partial charge >= 0.3 is 5.97 Å². The first-order valence-corrected chi connectivity index (χ1v) is 6.77. The number of unbranched alkanes of at least 4 members (excludes halogenated alkanes) is 2. The Morgan fingerprint density at radius 2 is 2.00 bits per heavy atom. The van der Waals surface area contributed by atoms with E-state index < -0.39 is 0 Å². The van der Waals surface area contributed by atoms with Crippen LogP contribution in [0.4, 0.5) is 0 Å². The van der Waals surface area contributed by atoms with Gasteiger partial charge in [-0.15, -0.1) is 0 Å². The summed E-state index contributed by atoms with van der Waals surface area (Å²) in [7, 11) is 4.00. The maximum absolute atomic E-state index is 11.3. The van der Waals surface area contributed by atoms with Gasteiger partial charge in [0.1, 0.15) is 0 Å². The molecule has 0 aromatic rings. The van der Waals surface area contributed by atoms with Crippen molar-refractivity contribution in [1.29, 1.82) is 0 Å². The highest BCUT2D eigenvalue weighted by Crippen LogP contribution is 2.07. The van der Waals surface area contributed by atoms with E-state index in [2.05, 4.69) is 0 Å². The SMILES string of the molecule is CN(C)SCCCC(=O)OCCCCCN. The average Bonchev–Trinajstić information content (AvgIpc) is 2.24.